The summed E-state index contributed by atoms with van der Waals surface area (Å²) in [6.45, 7) is 1.98. The maximum Gasteiger partial charge on any atom is 0.0561 e. The first-order valence-electron chi connectivity index (χ1n) is 4.87. The number of pyridine rings is 1. The summed E-state index contributed by atoms with van der Waals surface area (Å²) >= 11 is 0. The largest absolute Gasteiger partial charge is 0.398 e. The lowest BCUT2D eigenvalue weighted by Gasteiger charge is -2.20. The summed E-state index contributed by atoms with van der Waals surface area (Å²) in [5, 5.41) is 0. The zero-order valence-corrected chi connectivity index (χ0v) is 9.10. The molecule has 1 aromatic rings. The normalized spacial score (nSPS) is 14.9. The minimum absolute atomic E-state index is 0.0337. The Hall–Kier alpha value is -1.17. The average molecular weight is 210 g/mol. The highest BCUT2D eigenvalue weighted by molar-refractivity contribution is 5.46. The Morgan fingerprint density at radius 2 is 2.33 bits per heavy atom. The fraction of sp³-hybridized carbons (Fsp3) is 0.500. The van der Waals surface area contributed by atoms with Crippen molar-refractivity contribution in [1.29, 1.82) is 0 Å². The number of methoxy groups -OCH3 is 1. The molecule has 1 rings (SSSR count). The van der Waals surface area contributed by atoms with Crippen LogP contribution in [0, 0.1) is 0 Å². The molecule has 0 aliphatic rings. The number of hydrogen-bond acceptors (Lipinski definition) is 5. The number of rotatable bonds is 5. The van der Waals surface area contributed by atoms with Gasteiger partial charge in [0.15, 0.2) is 0 Å². The standard InChI is InChI=1S/C10H18N4O/c1-7(15-2)5-10(14-12)8-6-13-4-3-9(8)11/h3-4,6-7,10,14H,5,12H2,1-2H3,(H2,11,13). The zero-order chi connectivity index (χ0) is 11.3. The number of hydrogen-bond donors (Lipinski definition) is 3. The van der Waals surface area contributed by atoms with Gasteiger partial charge in [0.25, 0.3) is 0 Å². The van der Waals surface area contributed by atoms with Gasteiger partial charge in [0.1, 0.15) is 0 Å². The summed E-state index contributed by atoms with van der Waals surface area (Å²) in [5.74, 6) is 5.49. The van der Waals surface area contributed by atoms with Gasteiger partial charge >= 0.3 is 0 Å². The van der Waals surface area contributed by atoms with Crippen molar-refractivity contribution in [3.05, 3.63) is 24.0 Å². The fourth-order valence-corrected chi connectivity index (χ4v) is 1.42. The monoisotopic (exact) mass is 210 g/mol. The quantitative estimate of drug-likeness (QED) is 0.489. The summed E-state index contributed by atoms with van der Waals surface area (Å²) in [5.41, 5.74) is 10.2. The molecule has 0 spiro atoms. The van der Waals surface area contributed by atoms with Gasteiger partial charge in [-0.2, -0.15) is 0 Å². The SMILES string of the molecule is COC(C)CC(NN)c1cnccc1N. The van der Waals surface area contributed by atoms with Gasteiger partial charge in [0.2, 0.25) is 0 Å². The zero-order valence-electron chi connectivity index (χ0n) is 9.10. The van der Waals surface area contributed by atoms with Crippen LogP contribution >= 0.6 is 0 Å². The van der Waals surface area contributed by atoms with Crippen LogP contribution in [0.3, 0.4) is 0 Å². The van der Waals surface area contributed by atoms with Crippen molar-refractivity contribution in [3.8, 4) is 0 Å². The number of nitrogen functional groups attached to an aromatic ring is 1. The van der Waals surface area contributed by atoms with E-state index in [2.05, 4.69) is 10.4 Å². The predicted molar refractivity (Wildman–Crippen MR) is 59.8 cm³/mol. The highest BCUT2D eigenvalue weighted by Crippen LogP contribution is 2.22. The van der Waals surface area contributed by atoms with E-state index in [0.29, 0.717) is 5.69 Å². The molecule has 0 radical (unpaired) electrons. The maximum atomic E-state index is 5.84. The highest BCUT2D eigenvalue weighted by Gasteiger charge is 2.15. The molecular formula is C10H18N4O. The van der Waals surface area contributed by atoms with E-state index in [1.54, 1.807) is 25.6 Å². The number of nitrogens with two attached hydrogens (primary N) is 2. The minimum atomic E-state index is -0.0337. The molecule has 2 atom stereocenters. The number of hydrazine groups is 1. The van der Waals surface area contributed by atoms with Crippen molar-refractivity contribution in [1.82, 2.24) is 10.4 Å². The predicted octanol–water partition coefficient (Wildman–Crippen LogP) is 0.593. The van der Waals surface area contributed by atoms with Crippen LogP contribution in [0.25, 0.3) is 0 Å². The van der Waals surface area contributed by atoms with Crippen molar-refractivity contribution in [2.45, 2.75) is 25.5 Å². The fourth-order valence-electron chi connectivity index (χ4n) is 1.42. The van der Waals surface area contributed by atoms with E-state index < -0.39 is 0 Å². The summed E-state index contributed by atoms with van der Waals surface area (Å²) in [6.07, 6.45) is 4.25. The maximum absolute atomic E-state index is 5.84. The molecule has 5 heteroatoms. The summed E-state index contributed by atoms with van der Waals surface area (Å²) < 4.78 is 5.19. The van der Waals surface area contributed by atoms with Gasteiger partial charge in [0, 0.05) is 30.8 Å². The van der Waals surface area contributed by atoms with Crippen LogP contribution in [0.4, 0.5) is 5.69 Å². The van der Waals surface area contributed by atoms with Crippen LogP contribution < -0.4 is 17.0 Å². The molecule has 2 unspecified atom stereocenters. The third kappa shape index (κ3) is 3.16. The van der Waals surface area contributed by atoms with E-state index in [1.165, 1.54) is 0 Å². The molecule has 5 nitrogen and oxygen atoms in total. The second-order valence-corrected chi connectivity index (χ2v) is 3.51. The minimum Gasteiger partial charge on any atom is -0.398 e. The van der Waals surface area contributed by atoms with Gasteiger partial charge in [-0.1, -0.05) is 0 Å². The van der Waals surface area contributed by atoms with Crippen molar-refractivity contribution >= 4 is 5.69 Å². The van der Waals surface area contributed by atoms with E-state index in [9.17, 15) is 0 Å². The molecule has 15 heavy (non-hydrogen) atoms. The Kier molecular flexibility index (Phi) is 4.48. The number of aromatic nitrogens is 1. The van der Waals surface area contributed by atoms with Gasteiger partial charge in [0.05, 0.1) is 12.1 Å². The lowest BCUT2D eigenvalue weighted by molar-refractivity contribution is 0.100. The van der Waals surface area contributed by atoms with E-state index in [4.69, 9.17) is 16.3 Å². The summed E-state index contributed by atoms with van der Waals surface area (Å²) in [4.78, 5) is 4.03. The first-order valence-corrected chi connectivity index (χ1v) is 4.87. The molecule has 1 aromatic heterocycles. The van der Waals surface area contributed by atoms with Crippen molar-refractivity contribution in [2.24, 2.45) is 5.84 Å². The molecule has 0 aromatic carbocycles. The number of nitrogens with zero attached hydrogens (tertiary/aromatic N) is 1. The molecule has 5 N–H and O–H groups in total. The van der Waals surface area contributed by atoms with Crippen LogP contribution in [0.5, 0.6) is 0 Å². The van der Waals surface area contributed by atoms with E-state index >= 15 is 0 Å². The van der Waals surface area contributed by atoms with Crippen molar-refractivity contribution in [2.75, 3.05) is 12.8 Å². The van der Waals surface area contributed by atoms with Crippen LogP contribution in [0.15, 0.2) is 18.5 Å². The van der Waals surface area contributed by atoms with E-state index in [-0.39, 0.29) is 12.1 Å². The lowest BCUT2D eigenvalue weighted by atomic mass is 10.0. The van der Waals surface area contributed by atoms with Crippen molar-refractivity contribution < 1.29 is 4.74 Å². The van der Waals surface area contributed by atoms with Gasteiger partial charge < -0.3 is 10.5 Å². The second kappa shape index (κ2) is 5.65. The van der Waals surface area contributed by atoms with Crippen LogP contribution in [-0.4, -0.2) is 18.2 Å². The van der Waals surface area contributed by atoms with Gasteiger partial charge in [-0.05, 0) is 19.4 Å². The molecule has 0 aliphatic carbocycles. The van der Waals surface area contributed by atoms with E-state index in [0.717, 1.165) is 12.0 Å². The molecule has 0 bridgehead atoms. The molecular weight excluding hydrogens is 192 g/mol. The molecule has 0 saturated carbocycles. The second-order valence-electron chi connectivity index (χ2n) is 3.51. The number of nitrogens with one attached hydrogen (secondary N) is 1. The van der Waals surface area contributed by atoms with Crippen molar-refractivity contribution in [3.63, 3.8) is 0 Å². The molecule has 0 amide bonds. The summed E-state index contributed by atoms with van der Waals surface area (Å²) in [6, 6.07) is 1.73. The third-order valence-electron chi connectivity index (χ3n) is 2.43. The summed E-state index contributed by atoms with van der Waals surface area (Å²) in [7, 11) is 1.67. The van der Waals surface area contributed by atoms with E-state index in [1.807, 2.05) is 6.92 Å². The highest BCUT2D eigenvalue weighted by atomic mass is 16.5. The molecule has 0 saturated heterocycles. The molecule has 0 aliphatic heterocycles. The lowest BCUT2D eigenvalue weighted by Crippen LogP contribution is -2.31. The smallest absolute Gasteiger partial charge is 0.0561 e. The Morgan fingerprint density at radius 1 is 1.60 bits per heavy atom. The van der Waals surface area contributed by atoms with Gasteiger partial charge in [-0.25, -0.2) is 0 Å². The number of ether oxygens (including phenoxy) is 1. The first-order chi connectivity index (χ1) is 7.19. The molecule has 84 valence electrons. The Morgan fingerprint density at radius 3 is 2.87 bits per heavy atom. The van der Waals surface area contributed by atoms with Gasteiger partial charge in [-0.15, -0.1) is 0 Å². The van der Waals surface area contributed by atoms with Crippen LogP contribution in [-0.2, 0) is 4.74 Å². The van der Waals surface area contributed by atoms with Gasteiger partial charge in [-0.3, -0.25) is 16.3 Å². The molecule has 0 fully saturated rings. The van der Waals surface area contributed by atoms with Crippen LogP contribution in [0.2, 0.25) is 0 Å². The topological polar surface area (TPSA) is 86.2 Å². The third-order valence-corrected chi connectivity index (χ3v) is 2.43. The molecule has 1 heterocycles. The average Bonchev–Trinajstić information content (AvgIpc) is 2.26. The first kappa shape index (κ1) is 11.9. The Bertz CT molecular complexity index is 305. The number of anilines is 1. The Balaban J connectivity index is 2.78. The Labute approximate surface area is 89.8 Å². The van der Waals surface area contributed by atoms with Crippen LogP contribution in [0.1, 0.15) is 24.9 Å².